The molecule has 2 aromatic rings. The largest absolute Gasteiger partial charge is 0.379 e. The molecule has 5 nitrogen and oxygen atoms in total. The third-order valence-corrected chi connectivity index (χ3v) is 4.04. The zero-order chi connectivity index (χ0) is 13.8. The molecule has 0 radical (unpaired) electrons. The maximum atomic E-state index is 13.4. The number of nitro groups is 1. The molecule has 2 rings (SSSR count). The molecule has 0 aliphatic heterocycles. The summed E-state index contributed by atoms with van der Waals surface area (Å²) in [5, 5.41) is 16.6. The standard InChI is InChI=1S/C11H9FIN3O2S/c12-7-5-9(10(16(17)18)6-8(7)13)14-2-1-11-15-3-4-19-11/h3-6,14H,1-2H2. The quantitative estimate of drug-likeness (QED) is 0.480. The summed E-state index contributed by atoms with van der Waals surface area (Å²) in [6.45, 7) is 0.467. The maximum absolute atomic E-state index is 13.4. The summed E-state index contributed by atoms with van der Waals surface area (Å²) in [6.07, 6.45) is 2.34. The van der Waals surface area contributed by atoms with Gasteiger partial charge in [0.2, 0.25) is 0 Å². The summed E-state index contributed by atoms with van der Waals surface area (Å²) in [6, 6.07) is 2.38. The van der Waals surface area contributed by atoms with Crippen LogP contribution in [0.25, 0.3) is 0 Å². The molecule has 0 atom stereocenters. The number of hydrogen-bond acceptors (Lipinski definition) is 5. The van der Waals surface area contributed by atoms with Gasteiger partial charge in [-0.05, 0) is 22.6 Å². The third kappa shape index (κ3) is 3.60. The van der Waals surface area contributed by atoms with Crippen molar-refractivity contribution < 1.29 is 9.31 Å². The molecule has 0 bridgehead atoms. The highest BCUT2D eigenvalue weighted by Crippen LogP contribution is 2.28. The highest BCUT2D eigenvalue weighted by Gasteiger charge is 2.17. The summed E-state index contributed by atoms with van der Waals surface area (Å²) in [4.78, 5) is 14.5. The van der Waals surface area contributed by atoms with Crippen molar-refractivity contribution in [3.8, 4) is 0 Å². The van der Waals surface area contributed by atoms with E-state index in [1.807, 2.05) is 5.38 Å². The topological polar surface area (TPSA) is 68.1 Å². The molecule has 1 heterocycles. The predicted octanol–water partition coefficient (Wildman–Crippen LogP) is 3.45. The monoisotopic (exact) mass is 393 g/mol. The molecule has 0 saturated carbocycles. The van der Waals surface area contributed by atoms with Crippen LogP contribution in [0.3, 0.4) is 0 Å². The number of thiazole rings is 1. The van der Waals surface area contributed by atoms with Crippen LogP contribution in [-0.2, 0) is 6.42 Å². The van der Waals surface area contributed by atoms with Gasteiger partial charge in [0.1, 0.15) is 11.5 Å². The summed E-state index contributed by atoms with van der Waals surface area (Å²) >= 11 is 3.24. The molecular formula is C11H9FIN3O2S. The van der Waals surface area contributed by atoms with Crippen LogP contribution >= 0.6 is 33.9 Å². The Balaban J connectivity index is 2.10. The predicted molar refractivity (Wildman–Crippen MR) is 80.1 cm³/mol. The molecule has 0 spiro atoms. The first kappa shape index (κ1) is 14.1. The summed E-state index contributed by atoms with van der Waals surface area (Å²) in [7, 11) is 0. The van der Waals surface area contributed by atoms with Gasteiger partial charge in [-0.2, -0.15) is 0 Å². The third-order valence-electron chi connectivity index (χ3n) is 2.37. The van der Waals surface area contributed by atoms with Gasteiger partial charge >= 0.3 is 0 Å². The van der Waals surface area contributed by atoms with Gasteiger partial charge in [0.15, 0.2) is 0 Å². The second kappa shape index (κ2) is 6.24. The fourth-order valence-electron chi connectivity index (χ4n) is 1.51. The lowest BCUT2D eigenvalue weighted by Gasteiger charge is -2.07. The number of rotatable bonds is 5. The fraction of sp³-hybridized carbons (Fsp3) is 0.182. The van der Waals surface area contributed by atoms with Gasteiger partial charge in [0.25, 0.3) is 5.69 Å². The fourth-order valence-corrected chi connectivity index (χ4v) is 2.58. The van der Waals surface area contributed by atoms with Crippen LogP contribution in [0.4, 0.5) is 15.8 Å². The zero-order valence-electron chi connectivity index (χ0n) is 9.60. The van der Waals surface area contributed by atoms with Crippen molar-refractivity contribution in [2.45, 2.75) is 6.42 Å². The van der Waals surface area contributed by atoms with Crippen LogP contribution in [-0.4, -0.2) is 16.5 Å². The van der Waals surface area contributed by atoms with E-state index in [0.717, 1.165) is 11.1 Å². The van der Waals surface area contributed by atoms with E-state index in [1.165, 1.54) is 17.4 Å². The Hall–Kier alpha value is -1.29. The number of aromatic nitrogens is 1. The molecule has 8 heteroatoms. The Bertz CT molecular complexity index is 592. The van der Waals surface area contributed by atoms with Crippen LogP contribution < -0.4 is 5.32 Å². The molecule has 0 fully saturated rings. The van der Waals surface area contributed by atoms with Crippen LogP contribution in [0.15, 0.2) is 23.7 Å². The maximum Gasteiger partial charge on any atom is 0.293 e. The highest BCUT2D eigenvalue weighted by atomic mass is 127. The molecule has 0 saturated heterocycles. The second-order valence-corrected chi connectivity index (χ2v) is 5.78. The number of benzene rings is 1. The Morgan fingerprint density at radius 2 is 2.32 bits per heavy atom. The van der Waals surface area contributed by atoms with E-state index in [-0.39, 0.29) is 14.9 Å². The van der Waals surface area contributed by atoms with Gasteiger partial charge in [0, 0.05) is 36.7 Å². The summed E-state index contributed by atoms with van der Waals surface area (Å²) in [5.74, 6) is -0.469. The Morgan fingerprint density at radius 1 is 1.53 bits per heavy atom. The molecule has 100 valence electrons. The Labute approximate surface area is 126 Å². The van der Waals surface area contributed by atoms with Gasteiger partial charge in [-0.25, -0.2) is 9.37 Å². The number of nitrogens with one attached hydrogen (secondary N) is 1. The van der Waals surface area contributed by atoms with E-state index in [0.29, 0.717) is 13.0 Å². The highest BCUT2D eigenvalue weighted by molar-refractivity contribution is 14.1. The van der Waals surface area contributed by atoms with Crippen molar-refractivity contribution in [2.75, 3.05) is 11.9 Å². The molecule has 0 aliphatic rings. The Morgan fingerprint density at radius 3 is 2.95 bits per heavy atom. The van der Waals surface area contributed by atoms with Gasteiger partial charge < -0.3 is 5.32 Å². The van der Waals surface area contributed by atoms with E-state index >= 15 is 0 Å². The van der Waals surface area contributed by atoms with Crippen LogP contribution in [0.5, 0.6) is 0 Å². The van der Waals surface area contributed by atoms with E-state index in [9.17, 15) is 14.5 Å². The minimum Gasteiger partial charge on any atom is -0.379 e. The molecule has 0 unspecified atom stereocenters. The van der Waals surface area contributed by atoms with Gasteiger partial charge in [0.05, 0.1) is 13.5 Å². The molecular weight excluding hydrogens is 384 g/mol. The van der Waals surface area contributed by atoms with E-state index in [4.69, 9.17) is 0 Å². The molecule has 19 heavy (non-hydrogen) atoms. The lowest BCUT2D eigenvalue weighted by atomic mass is 10.2. The smallest absolute Gasteiger partial charge is 0.293 e. The van der Waals surface area contributed by atoms with Crippen LogP contribution in [0.1, 0.15) is 5.01 Å². The normalized spacial score (nSPS) is 10.4. The number of hydrogen-bond donors (Lipinski definition) is 1. The lowest BCUT2D eigenvalue weighted by Crippen LogP contribution is -2.07. The minimum absolute atomic E-state index is 0.120. The lowest BCUT2D eigenvalue weighted by molar-refractivity contribution is -0.384. The van der Waals surface area contributed by atoms with Crippen LogP contribution in [0, 0.1) is 19.5 Å². The Kier molecular flexibility index (Phi) is 4.64. The molecule has 1 aromatic carbocycles. The average molecular weight is 393 g/mol. The van der Waals surface area contributed by atoms with Gasteiger partial charge in [-0.15, -0.1) is 11.3 Å². The zero-order valence-corrected chi connectivity index (χ0v) is 12.6. The molecule has 1 aromatic heterocycles. The first-order chi connectivity index (χ1) is 9.08. The molecule has 0 aliphatic carbocycles. The molecule has 0 amide bonds. The van der Waals surface area contributed by atoms with Crippen molar-refractivity contribution in [1.82, 2.24) is 4.98 Å². The van der Waals surface area contributed by atoms with Crippen molar-refractivity contribution in [3.63, 3.8) is 0 Å². The average Bonchev–Trinajstić information content (AvgIpc) is 2.86. The summed E-state index contributed by atoms with van der Waals surface area (Å²) in [5.41, 5.74) is 0.0735. The second-order valence-electron chi connectivity index (χ2n) is 3.64. The first-order valence-electron chi connectivity index (χ1n) is 5.33. The van der Waals surface area contributed by atoms with Crippen LogP contribution in [0.2, 0.25) is 0 Å². The van der Waals surface area contributed by atoms with Crippen molar-refractivity contribution >= 4 is 45.3 Å². The molecule has 1 N–H and O–H groups in total. The van der Waals surface area contributed by atoms with E-state index in [1.54, 1.807) is 28.8 Å². The first-order valence-corrected chi connectivity index (χ1v) is 7.29. The summed E-state index contributed by atoms with van der Waals surface area (Å²) < 4.78 is 13.7. The number of nitro benzene ring substituents is 1. The van der Waals surface area contributed by atoms with Crippen molar-refractivity contribution in [1.29, 1.82) is 0 Å². The van der Waals surface area contributed by atoms with Crippen molar-refractivity contribution in [3.05, 3.63) is 48.2 Å². The number of anilines is 1. The number of nitrogens with zero attached hydrogens (tertiary/aromatic N) is 2. The van der Waals surface area contributed by atoms with Gasteiger partial charge in [-0.3, -0.25) is 10.1 Å². The van der Waals surface area contributed by atoms with E-state index < -0.39 is 10.7 Å². The van der Waals surface area contributed by atoms with Gasteiger partial charge in [-0.1, -0.05) is 0 Å². The minimum atomic E-state index is -0.521. The van der Waals surface area contributed by atoms with E-state index in [2.05, 4.69) is 10.3 Å². The van der Waals surface area contributed by atoms with Crippen molar-refractivity contribution in [2.24, 2.45) is 0 Å². The SMILES string of the molecule is O=[N+]([O-])c1cc(I)c(F)cc1NCCc1nccs1. The number of halogens is 2.